The van der Waals surface area contributed by atoms with Gasteiger partial charge < -0.3 is 19.5 Å². The molecular weight excluding hydrogens is 349 g/mol. The summed E-state index contributed by atoms with van der Waals surface area (Å²) in [4.78, 5) is 0. The molecule has 4 nitrogen and oxygen atoms in total. The van der Waals surface area contributed by atoms with Crippen LogP contribution in [0.15, 0.2) is 42.5 Å². The highest BCUT2D eigenvalue weighted by atomic mass is 35.5. The van der Waals surface area contributed by atoms with E-state index in [0.29, 0.717) is 16.5 Å². The average molecular weight is 370 g/mol. The summed E-state index contributed by atoms with van der Waals surface area (Å²) in [5.41, 5.74) is 1.11. The fourth-order valence-corrected chi connectivity index (χ4v) is 2.77. The number of morpholine rings is 1. The van der Waals surface area contributed by atoms with Crippen LogP contribution in [0.1, 0.15) is 5.56 Å². The molecule has 1 N–H and O–H groups in total. The molecule has 0 amide bonds. The molecule has 0 unspecified atom stereocenters. The summed E-state index contributed by atoms with van der Waals surface area (Å²) in [6.45, 7) is 2.52. The molecule has 0 spiro atoms. The fourth-order valence-electron chi connectivity index (χ4n) is 2.61. The van der Waals surface area contributed by atoms with Gasteiger partial charge in [0.25, 0.3) is 0 Å². The minimum Gasteiger partial charge on any atom is -0.493 e. The number of para-hydroxylation sites is 1. The third-order valence-electron chi connectivity index (χ3n) is 3.77. The minimum absolute atomic E-state index is 0. The van der Waals surface area contributed by atoms with Gasteiger partial charge in [-0.15, -0.1) is 12.4 Å². The summed E-state index contributed by atoms with van der Waals surface area (Å²) >= 11 is 6.00. The normalized spacial score (nSPS) is 17.0. The van der Waals surface area contributed by atoms with E-state index in [9.17, 15) is 0 Å². The van der Waals surface area contributed by atoms with Gasteiger partial charge in [0, 0.05) is 30.6 Å². The Balaban J connectivity index is 0.00000208. The van der Waals surface area contributed by atoms with E-state index in [1.165, 1.54) is 0 Å². The van der Waals surface area contributed by atoms with E-state index in [4.69, 9.17) is 25.8 Å². The predicted molar refractivity (Wildman–Crippen MR) is 98.1 cm³/mol. The summed E-state index contributed by atoms with van der Waals surface area (Å²) in [5.74, 6) is 2.07. The quantitative estimate of drug-likeness (QED) is 0.861. The molecule has 1 aliphatic rings. The van der Waals surface area contributed by atoms with Crippen LogP contribution in [0.4, 0.5) is 0 Å². The summed E-state index contributed by atoms with van der Waals surface area (Å²) in [6.07, 6.45) is 0.972. The van der Waals surface area contributed by atoms with E-state index >= 15 is 0 Å². The van der Waals surface area contributed by atoms with E-state index in [2.05, 4.69) is 11.4 Å². The molecule has 0 aliphatic carbocycles. The first-order chi connectivity index (χ1) is 11.3. The highest BCUT2D eigenvalue weighted by Crippen LogP contribution is 2.35. The lowest BCUT2D eigenvalue weighted by Gasteiger charge is -2.24. The zero-order valence-electron chi connectivity index (χ0n) is 13.5. The van der Waals surface area contributed by atoms with E-state index in [-0.39, 0.29) is 18.5 Å². The second kappa shape index (κ2) is 9.14. The molecule has 6 heteroatoms. The number of ether oxygens (including phenoxy) is 3. The molecule has 0 saturated carbocycles. The van der Waals surface area contributed by atoms with Crippen molar-refractivity contribution in [2.24, 2.45) is 0 Å². The van der Waals surface area contributed by atoms with Crippen LogP contribution in [0.3, 0.4) is 0 Å². The third-order valence-corrected chi connectivity index (χ3v) is 4.01. The molecular formula is C18H21Cl2NO3. The molecule has 1 saturated heterocycles. The summed E-state index contributed by atoms with van der Waals surface area (Å²) in [5, 5.41) is 3.96. The Kier molecular flexibility index (Phi) is 7.18. The Morgan fingerprint density at radius 1 is 1.17 bits per heavy atom. The molecule has 0 bridgehead atoms. The van der Waals surface area contributed by atoms with Gasteiger partial charge in [-0.2, -0.15) is 0 Å². The monoisotopic (exact) mass is 369 g/mol. The maximum absolute atomic E-state index is 6.07. The van der Waals surface area contributed by atoms with Crippen molar-refractivity contribution < 1.29 is 14.2 Å². The largest absolute Gasteiger partial charge is 0.493 e. The lowest BCUT2D eigenvalue weighted by Crippen LogP contribution is -2.39. The zero-order chi connectivity index (χ0) is 16.1. The van der Waals surface area contributed by atoms with Gasteiger partial charge in [-0.3, -0.25) is 0 Å². The van der Waals surface area contributed by atoms with Gasteiger partial charge in [0.05, 0.1) is 19.8 Å². The van der Waals surface area contributed by atoms with E-state index in [1.54, 1.807) is 19.2 Å². The Hall–Kier alpha value is -1.46. The number of nitrogens with one attached hydrogen (secondary N) is 1. The van der Waals surface area contributed by atoms with Gasteiger partial charge in [0.1, 0.15) is 5.75 Å². The first kappa shape index (κ1) is 18.9. The Bertz CT molecular complexity index is 660. The summed E-state index contributed by atoms with van der Waals surface area (Å²) in [6, 6.07) is 13.3. The molecule has 130 valence electrons. The van der Waals surface area contributed by atoms with Gasteiger partial charge >= 0.3 is 0 Å². The van der Waals surface area contributed by atoms with Crippen LogP contribution in [0.5, 0.6) is 17.2 Å². The van der Waals surface area contributed by atoms with Crippen LogP contribution in [0.25, 0.3) is 0 Å². The van der Waals surface area contributed by atoms with E-state index in [0.717, 1.165) is 37.4 Å². The highest BCUT2D eigenvalue weighted by Gasteiger charge is 2.17. The Morgan fingerprint density at radius 3 is 2.75 bits per heavy atom. The standard InChI is InChI=1S/C18H20ClNO3.ClH/c1-21-18-11-14(19)6-7-17(18)23-16-5-3-2-4-13(16)10-15-12-20-8-9-22-15;/h2-7,11,15,20H,8-10,12H2,1H3;1H/t15-;/m0./s1. The van der Waals surface area contributed by atoms with Crippen LogP contribution in [0, 0.1) is 0 Å². The number of halogens is 2. The maximum atomic E-state index is 6.07. The topological polar surface area (TPSA) is 39.7 Å². The van der Waals surface area contributed by atoms with Crippen molar-refractivity contribution in [2.75, 3.05) is 26.8 Å². The van der Waals surface area contributed by atoms with Crippen LogP contribution in [0.2, 0.25) is 5.02 Å². The van der Waals surface area contributed by atoms with E-state index < -0.39 is 0 Å². The number of hydrogen-bond donors (Lipinski definition) is 1. The maximum Gasteiger partial charge on any atom is 0.169 e. The average Bonchev–Trinajstić information content (AvgIpc) is 2.59. The summed E-state index contributed by atoms with van der Waals surface area (Å²) in [7, 11) is 1.60. The highest BCUT2D eigenvalue weighted by molar-refractivity contribution is 6.30. The van der Waals surface area contributed by atoms with Crippen molar-refractivity contribution in [3.8, 4) is 17.2 Å². The van der Waals surface area contributed by atoms with Gasteiger partial charge in [0.2, 0.25) is 0 Å². The minimum atomic E-state index is 0. The van der Waals surface area contributed by atoms with Crippen LogP contribution >= 0.6 is 24.0 Å². The fraction of sp³-hybridized carbons (Fsp3) is 0.333. The van der Waals surface area contributed by atoms with Crippen molar-refractivity contribution in [1.82, 2.24) is 5.32 Å². The van der Waals surface area contributed by atoms with Gasteiger partial charge in [-0.05, 0) is 23.8 Å². The van der Waals surface area contributed by atoms with Crippen molar-refractivity contribution in [3.63, 3.8) is 0 Å². The first-order valence-electron chi connectivity index (χ1n) is 7.68. The molecule has 1 atom stereocenters. The molecule has 3 rings (SSSR count). The molecule has 2 aromatic carbocycles. The molecule has 1 fully saturated rings. The smallest absolute Gasteiger partial charge is 0.169 e. The second-order valence-corrected chi connectivity index (χ2v) is 5.84. The predicted octanol–water partition coefficient (Wildman–Crippen LogP) is 4.09. The Morgan fingerprint density at radius 2 is 2.00 bits per heavy atom. The molecule has 24 heavy (non-hydrogen) atoms. The van der Waals surface area contributed by atoms with Crippen LogP contribution in [-0.2, 0) is 11.2 Å². The van der Waals surface area contributed by atoms with Crippen molar-refractivity contribution in [3.05, 3.63) is 53.1 Å². The number of rotatable bonds is 5. The molecule has 2 aromatic rings. The van der Waals surface area contributed by atoms with Gasteiger partial charge in [0.15, 0.2) is 11.5 Å². The summed E-state index contributed by atoms with van der Waals surface area (Å²) < 4.78 is 17.2. The Labute approximate surface area is 153 Å². The number of methoxy groups -OCH3 is 1. The van der Waals surface area contributed by atoms with Gasteiger partial charge in [-0.1, -0.05) is 29.8 Å². The molecule has 1 heterocycles. The number of hydrogen-bond acceptors (Lipinski definition) is 4. The third kappa shape index (κ3) is 4.77. The van der Waals surface area contributed by atoms with Crippen molar-refractivity contribution in [2.45, 2.75) is 12.5 Å². The second-order valence-electron chi connectivity index (χ2n) is 5.41. The first-order valence-corrected chi connectivity index (χ1v) is 8.05. The van der Waals surface area contributed by atoms with Gasteiger partial charge in [-0.25, -0.2) is 0 Å². The van der Waals surface area contributed by atoms with E-state index in [1.807, 2.05) is 24.3 Å². The molecule has 0 radical (unpaired) electrons. The molecule has 1 aliphatic heterocycles. The zero-order valence-corrected chi connectivity index (χ0v) is 15.0. The van der Waals surface area contributed by atoms with Crippen LogP contribution in [-0.4, -0.2) is 32.9 Å². The van der Waals surface area contributed by atoms with Crippen molar-refractivity contribution >= 4 is 24.0 Å². The van der Waals surface area contributed by atoms with Crippen molar-refractivity contribution in [1.29, 1.82) is 0 Å². The lowest BCUT2D eigenvalue weighted by molar-refractivity contribution is 0.0289. The number of benzene rings is 2. The van der Waals surface area contributed by atoms with Crippen LogP contribution < -0.4 is 14.8 Å². The lowest BCUT2D eigenvalue weighted by atomic mass is 10.1. The SMILES string of the molecule is COc1cc(Cl)ccc1Oc1ccccc1C[C@H]1CNCCO1.Cl. The molecule has 0 aromatic heterocycles.